The number of aliphatic hydroxyl groups is 1. The van der Waals surface area contributed by atoms with Crippen LogP contribution in [0.5, 0.6) is 0 Å². The van der Waals surface area contributed by atoms with Crippen LogP contribution < -0.4 is 0 Å². The number of aryl methyl sites for hydroxylation is 2. The van der Waals surface area contributed by atoms with E-state index in [1.165, 1.54) is 17.1 Å². The van der Waals surface area contributed by atoms with Crippen LogP contribution in [-0.2, 0) is 13.6 Å². The van der Waals surface area contributed by atoms with Crippen molar-refractivity contribution in [2.75, 3.05) is 0 Å². The highest BCUT2D eigenvalue weighted by Gasteiger charge is 2.29. The molecule has 2 aromatic rings. The third-order valence-corrected chi connectivity index (χ3v) is 2.66. The van der Waals surface area contributed by atoms with Crippen LogP contribution in [0.1, 0.15) is 22.9 Å². The zero-order chi connectivity index (χ0) is 14.2. The molecule has 5 nitrogen and oxygen atoms in total. The summed E-state index contributed by atoms with van der Waals surface area (Å²) in [4.78, 5) is 0. The number of hydrogen-bond donors (Lipinski definition) is 1. The maximum atomic E-state index is 12.2. The van der Waals surface area contributed by atoms with Gasteiger partial charge in [0.25, 0.3) is 0 Å². The molecule has 0 saturated carbocycles. The van der Waals surface area contributed by atoms with E-state index >= 15 is 0 Å². The van der Waals surface area contributed by atoms with Gasteiger partial charge in [0.1, 0.15) is 12.6 Å². The summed E-state index contributed by atoms with van der Waals surface area (Å²) >= 11 is 0. The minimum Gasteiger partial charge on any atom is -0.383 e. The number of alkyl halides is 3. The number of aromatic nitrogens is 4. The monoisotopic (exact) mass is 274 g/mol. The third kappa shape index (κ3) is 3.14. The Morgan fingerprint density at radius 2 is 2.05 bits per heavy atom. The Kier molecular flexibility index (Phi) is 3.36. The Hall–Kier alpha value is -1.83. The van der Waals surface area contributed by atoms with Crippen molar-refractivity contribution < 1.29 is 18.3 Å². The molecule has 1 unspecified atom stereocenters. The molecule has 0 aliphatic heterocycles. The first-order valence-electron chi connectivity index (χ1n) is 5.53. The van der Waals surface area contributed by atoms with Gasteiger partial charge in [-0.3, -0.25) is 9.36 Å². The third-order valence-electron chi connectivity index (χ3n) is 2.66. The van der Waals surface area contributed by atoms with E-state index in [2.05, 4.69) is 10.2 Å². The van der Waals surface area contributed by atoms with E-state index in [0.717, 1.165) is 4.68 Å². The van der Waals surface area contributed by atoms with E-state index in [-0.39, 0.29) is 0 Å². The van der Waals surface area contributed by atoms with Crippen LogP contribution in [0, 0.1) is 6.92 Å². The fourth-order valence-corrected chi connectivity index (χ4v) is 1.86. The number of nitrogens with zero attached hydrogens (tertiary/aromatic N) is 4. The maximum Gasteiger partial charge on any atom is 0.408 e. The molecule has 0 saturated heterocycles. The lowest BCUT2D eigenvalue weighted by atomic mass is 10.1. The molecule has 2 aromatic heterocycles. The van der Waals surface area contributed by atoms with Gasteiger partial charge in [-0.05, 0) is 6.92 Å². The van der Waals surface area contributed by atoms with Crippen molar-refractivity contribution in [2.45, 2.75) is 25.7 Å². The molecule has 0 bridgehead atoms. The van der Waals surface area contributed by atoms with Crippen LogP contribution in [0.4, 0.5) is 13.2 Å². The summed E-state index contributed by atoms with van der Waals surface area (Å²) in [5.74, 6) is 0. The lowest BCUT2D eigenvalue weighted by Crippen LogP contribution is -2.17. The number of halogens is 3. The second kappa shape index (κ2) is 4.69. The van der Waals surface area contributed by atoms with Gasteiger partial charge in [-0.25, -0.2) is 0 Å². The lowest BCUT2D eigenvalue weighted by Gasteiger charge is -2.07. The summed E-state index contributed by atoms with van der Waals surface area (Å²) in [5.41, 5.74) is 1.48. The van der Waals surface area contributed by atoms with Gasteiger partial charge in [0.2, 0.25) is 0 Å². The van der Waals surface area contributed by atoms with Gasteiger partial charge in [0.05, 0.1) is 11.9 Å². The number of aliphatic hydroxyl groups excluding tert-OH is 1. The van der Waals surface area contributed by atoms with Crippen molar-refractivity contribution in [1.82, 2.24) is 19.6 Å². The molecular weight excluding hydrogens is 261 g/mol. The van der Waals surface area contributed by atoms with Crippen molar-refractivity contribution in [3.63, 3.8) is 0 Å². The minimum absolute atomic E-state index is 0.306. The summed E-state index contributed by atoms with van der Waals surface area (Å²) in [6.45, 7) is 0.546. The highest BCUT2D eigenvalue weighted by atomic mass is 19.4. The quantitative estimate of drug-likeness (QED) is 0.924. The van der Waals surface area contributed by atoms with Gasteiger partial charge in [0, 0.05) is 30.6 Å². The Morgan fingerprint density at radius 1 is 1.37 bits per heavy atom. The molecule has 0 aliphatic carbocycles. The molecule has 104 valence electrons. The molecular formula is C11H13F3N4O. The summed E-state index contributed by atoms with van der Waals surface area (Å²) in [7, 11) is 1.70. The van der Waals surface area contributed by atoms with E-state index in [1.54, 1.807) is 20.2 Å². The van der Waals surface area contributed by atoms with Crippen molar-refractivity contribution in [3.05, 3.63) is 35.4 Å². The average molecular weight is 274 g/mol. The van der Waals surface area contributed by atoms with Crippen molar-refractivity contribution in [1.29, 1.82) is 0 Å². The topological polar surface area (TPSA) is 55.9 Å². The molecule has 2 heterocycles. The standard InChI is InChI=1S/C11H13F3N4O/c1-7-9(5-17(2)16-7)10(19)8-3-15-18(4-8)6-11(12,13)14/h3-5,10,19H,6H2,1-2H3. The van der Waals surface area contributed by atoms with Crippen LogP contribution in [0.15, 0.2) is 18.6 Å². The zero-order valence-electron chi connectivity index (χ0n) is 10.4. The largest absolute Gasteiger partial charge is 0.408 e. The Morgan fingerprint density at radius 3 is 2.58 bits per heavy atom. The average Bonchev–Trinajstić information content (AvgIpc) is 2.82. The normalized spacial score (nSPS) is 13.8. The Labute approximate surface area is 107 Å². The van der Waals surface area contributed by atoms with Crippen LogP contribution >= 0.6 is 0 Å². The SMILES string of the molecule is Cc1nn(C)cc1C(O)c1cnn(CC(F)(F)F)c1. The van der Waals surface area contributed by atoms with Crippen molar-refractivity contribution >= 4 is 0 Å². The molecule has 8 heteroatoms. The van der Waals surface area contributed by atoms with Crippen molar-refractivity contribution in [2.24, 2.45) is 7.05 Å². The Balaban J connectivity index is 2.21. The lowest BCUT2D eigenvalue weighted by molar-refractivity contribution is -0.142. The molecule has 0 spiro atoms. The predicted octanol–water partition coefficient (Wildman–Crippen LogP) is 1.57. The summed E-state index contributed by atoms with van der Waals surface area (Å²) in [5, 5.41) is 17.8. The first-order chi connectivity index (χ1) is 8.76. The second-order valence-corrected chi connectivity index (χ2v) is 4.33. The maximum absolute atomic E-state index is 12.2. The summed E-state index contributed by atoms with van der Waals surface area (Å²) < 4.78 is 38.9. The summed E-state index contributed by atoms with van der Waals surface area (Å²) in [6, 6.07) is 0. The predicted molar refractivity (Wildman–Crippen MR) is 60.3 cm³/mol. The zero-order valence-corrected chi connectivity index (χ0v) is 10.4. The van der Waals surface area contributed by atoms with Gasteiger partial charge >= 0.3 is 6.18 Å². The molecule has 0 radical (unpaired) electrons. The number of hydrogen-bond acceptors (Lipinski definition) is 3. The van der Waals surface area contributed by atoms with E-state index < -0.39 is 18.8 Å². The first kappa shape index (κ1) is 13.6. The van der Waals surface area contributed by atoms with E-state index in [1.807, 2.05) is 0 Å². The Bertz CT molecular complexity index is 573. The van der Waals surface area contributed by atoms with E-state index in [0.29, 0.717) is 16.8 Å². The fourth-order valence-electron chi connectivity index (χ4n) is 1.86. The minimum atomic E-state index is -4.33. The molecule has 0 aliphatic rings. The van der Waals surface area contributed by atoms with Crippen LogP contribution in [0.3, 0.4) is 0 Å². The summed E-state index contributed by atoms with van der Waals surface area (Å²) in [6.07, 6.45) is -1.33. The molecule has 0 fully saturated rings. The molecule has 19 heavy (non-hydrogen) atoms. The van der Waals surface area contributed by atoms with Gasteiger partial charge in [0.15, 0.2) is 0 Å². The molecule has 0 amide bonds. The van der Waals surface area contributed by atoms with Crippen LogP contribution in [-0.4, -0.2) is 30.8 Å². The molecule has 2 rings (SSSR count). The first-order valence-corrected chi connectivity index (χ1v) is 5.53. The van der Waals surface area contributed by atoms with E-state index in [9.17, 15) is 18.3 Å². The number of rotatable bonds is 3. The smallest absolute Gasteiger partial charge is 0.383 e. The highest BCUT2D eigenvalue weighted by molar-refractivity contribution is 5.27. The second-order valence-electron chi connectivity index (χ2n) is 4.33. The molecule has 0 aromatic carbocycles. The molecule has 1 N–H and O–H groups in total. The fraction of sp³-hybridized carbons (Fsp3) is 0.455. The van der Waals surface area contributed by atoms with Crippen LogP contribution in [0.2, 0.25) is 0 Å². The van der Waals surface area contributed by atoms with E-state index in [4.69, 9.17) is 0 Å². The molecule has 1 atom stereocenters. The van der Waals surface area contributed by atoms with Crippen molar-refractivity contribution in [3.8, 4) is 0 Å². The van der Waals surface area contributed by atoms with Gasteiger partial charge in [-0.15, -0.1) is 0 Å². The highest BCUT2D eigenvalue weighted by Crippen LogP contribution is 2.24. The van der Waals surface area contributed by atoms with Crippen LogP contribution in [0.25, 0.3) is 0 Å². The van der Waals surface area contributed by atoms with Gasteiger partial charge in [-0.1, -0.05) is 0 Å². The van der Waals surface area contributed by atoms with Gasteiger partial charge in [-0.2, -0.15) is 23.4 Å². The van der Waals surface area contributed by atoms with Gasteiger partial charge < -0.3 is 5.11 Å².